The van der Waals surface area contributed by atoms with Crippen molar-refractivity contribution in [2.75, 3.05) is 6.61 Å². The quantitative estimate of drug-likeness (QED) is 0.703. The molecule has 2 rings (SSSR count). The SMILES string of the molecule is O=C(O)[C@H](O)[C@H]1COC2(CCCCC2)O1. The maximum Gasteiger partial charge on any atom is 0.335 e. The zero-order chi connectivity index (χ0) is 10.9. The van der Waals surface area contributed by atoms with Gasteiger partial charge in [-0.15, -0.1) is 0 Å². The van der Waals surface area contributed by atoms with Gasteiger partial charge in [0, 0.05) is 12.8 Å². The van der Waals surface area contributed by atoms with E-state index in [-0.39, 0.29) is 6.61 Å². The molecule has 0 aromatic carbocycles. The molecule has 0 radical (unpaired) electrons. The van der Waals surface area contributed by atoms with Crippen LogP contribution in [0.5, 0.6) is 0 Å². The Morgan fingerprint density at radius 3 is 2.60 bits per heavy atom. The van der Waals surface area contributed by atoms with E-state index in [9.17, 15) is 9.90 Å². The molecule has 1 spiro atoms. The number of carboxylic acid groups (broad SMARTS) is 1. The molecular weight excluding hydrogens is 200 g/mol. The van der Waals surface area contributed by atoms with Crippen molar-refractivity contribution in [3.05, 3.63) is 0 Å². The minimum atomic E-state index is -1.48. The highest BCUT2D eigenvalue weighted by molar-refractivity contribution is 5.72. The summed E-state index contributed by atoms with van der Waals surface area (Å²) in [6.45, 7) is 0.174. The number of ether oxygens (including phenoxy) is 2. The fraction of sp³-hybridized carbons (Fsp3) is 0.900. The Morgan fingerprint density at radius 2 is 2.00 bits per heavy atom. The molecule has 0 aromatic rings. The largest absolute Gasteiger partial charge is 0.479 e. The van der Waals surface area contributed by atoms with Crippen molar-refractivity contribution < 1.29 is 24.5 Å². The van der Waals surface area contributed by atoms with Gasteiger partial charge in [-0.3, -0.25) is 0 Å². The van der Waals surface area contributed by atoms with Gasteiger partial charge in [-0.1, -0.05) is 6.42 Å². The Hall–Kier alpha value is -0.650. The summed E-state index contributed by atoms with van der Waals surface area (Å²) in [5.74, 6) is -1.87. The molecule has 0 bridgehead atoms. The number of aliphatic hydroxyl groups is 1. The summed E-state index contributed by atoms with van der Waals surface area (Å²) in [6.07, 6.45) is 2.64. The fourth-order valence-electron chi connectivity index (χ4n) is 2.25. The lowest BCUT2D eigenvalue weighted by atomic mass is 9.94. The van der Waals surface area contributed by atoms with Gasteiger partial charge in [0.25, 0.3) is 0 Å². The molecule has 0 aromatic heterocycles. The molecule has 2 atom stereocenters. The smallest absolute Gasteiger partial charge is 0.335 e. The molecule has 5 nitrogen and oxygen atoms in total. The summed E-state index contributed by atoms with van der Waals surface area (Å²) < 4.78 is 11.1. The third-order valence-electron chi connectivity index (χ3n) is 3.10. The van der Waals surface area contributed by atoms with Crippen LogP contribution in [0.2, 0.25) is 0 Å². The zero-order valence-electron chi connectivity index (χ0n) is 8.52. The summed E-state index contributed by atoms with van der Waals surface area (Å²) in [6, 6.07) is 0. The van der Waals surface area contributed by atoms with Gasteiger partial charge < -0.3 is 19.7 Å². The first-order valence-electron chi connectivity index (χ1n) is 5.36. The second-order valence-electron chi connectivity index (χ2n) is 4.22. The number of aliphatic hydroxyl groups excluding tert-OH is 1. The highest BCUT2D eigenvalue weighted by atomic mass is 16.7. The van der Waals surface area contributed by atoms with E-state index in [1.807, 2.05) is 0 Å². The van der Waals surface area contributed by atoms with Gasteiger partial charge in [0.1, 0.15) is 6.10 Å². The molecule has 0 amide bonds. The first-order chi connectivity index (χ1) is 7.13. The predicted molar refractivity (Wildman–Crippen MR) is 50.3 cm³/mol. The van der Waals surface area contributed by atoms with Crippen LogP contribution in [-0.2, 0) is 14.3 Å². The lowest BCUT2D eigenvalue weighted by Crippen LogP contribution is -2.39. The lowest BCUT2D eigenvalue weighted by molar-refractivity contribution is -0.198. The number of hydrogen-bond donors (Lipinski definition) is 2. The standard InChI is InChI=1S/C10H16O5/c11-8(9(12)13)7-6-14-10(15-7)4-2-1-3-5-10/h7-8,11H,1-6H2,(H,12,13)/t7-,8-/m1/s1. The molecule has 5 heteroatoms. The van der Waals surface area contributed by atoms with Crippen LogP contribution in [0.15, 0.2) is 0 Å². The average Bonchev–Trinajstić information content (AvgIpc) is 2.62. The molecule has 1 aliphatic carbocycles. The van der Waals surface area contributed by atoms with E-state index in [0.717, 1.165) is 25.7 Å². The van der Waals surface area contributed by atoms with Gasteiger partial charge in [-0.2, -0.15) is 0 Å². The summed E-state index contributed by atoms with van der Waals surface area (Å²) >= 11 is 0. The van der Waals surface area contributed by atoms with Gasteiger partial charge in [-0.25, -0.2) is 4.79 Å². The highest BCUT2D eigenvalue weighted by Crippen LogP contribution is 2.38. The monoisotopic (exact) mass is 216 g/mol. The van der Waals surface area contributed by atoms with Gasteiger partial charge >= 0.3 is 5.97 Å². The number of carbonyl (C=O) groups is 1. The summed E-state index contributed by atoms with van der Waals surface area (Å²) in [5.41, 5.74) is 0. The van der Waals surface area contributed by atoms with Crippen LogP contribution < -0.4 is 0 Å². The lowest BCUT2D eigenvalue weighted by Gasteiger charge is -2.31. The molecule has 2 fully saturated rings. The summed E-state index contributed by atoms with van der Waals surface area (Å²) in [7, 11) is 0. The van der Waals surface area contributed by atoms with E-state index in [4.69, 9.17) is 14.6 Å². The summed E-state index contributed by atoms with van der Waals surface area (Å²) in [5, 5.41) is 18.0. The third-order valence-corrected chi connectivity index (χ3v) is 3.10. The van der Waals surface area contributed by atoms with Crippen molar-refractivity contribution in [2.24, 2.45) is 0 Å². The van der Waals surface area contributed by atoms with Crippen molar-refractivity contribution >= 4 is 5.97 Å². The average molecular weight is 216 g/mol. The first kappa shape index (κ1) is 10.9. The first-order valence-corrected chi connectivity index (χ1v) is 5.36. The Balaban J connectivity index is 1.96. The van der Waals surface area contributed by atoms with E-state index in [0.29, 0.717) is 0 Å². The third kappa shape index (κ3) is 2.14. The maximum atomic E-state index is 10.6. The summed E-state index contributed by atoms with van der Waals surface area (Å²) in [4.78, 5) is 10.6. The van der Waals surface area contributed by atoms with Crippen LogP contribution in [0, 0.1) is 0 Å². The second-order valence-corrected chi connectivity index (χ2v) is 4.22. The normalized spacial score (nSPS) is 31.7. The molecule has 86 valence electrons. The Morgan fingerprint density at radius 1 is 1.33 bits per heavy atom. The van der Waals surface area contributed by atoms with E-state index in [1.54, 1.807) is 0 Å². The molecule has 2 aliphatic rings. The van der Waals surface area contributed by atoms with Gasteiger partial charge in [0.2, 0.25) is 0 Å². The van der Waals surface area contributed by atoms with Gasteiger partial charge in [0.05, 0.1) is 6.61 Å². The van der Waals surface area contributed by atoms with Crippen LogP contribution in [-0.4, -0.2) is 40.8 Å². The molecular formula is C10H16O5. The van der Waals surface area contributed by atoms with Crippen molar-refractivity contribution in [1.29, 1.82) is 0 Å². The van der Waals surface area contributed by atoms with Crippen LogP contribution in [0.25, 0.3) is 0 Å². The Bertz CT molecular complexity index is 246. The number of carboxylic acids is 1. The van der Waals surface area contributed by atoms with E-state index >= 15 is 0 Å². The highest BCUT2D eigenvalue weighted by Gasteiger charge is 2.45. The van der Waals surface area contributed by atoms with Crippen LogP contribution in [0.1, 0.15) is 32.1 Å². The molecule has 0 unspecified atom stereocenters. The predicted octanol–water partition coefficient (Wildman–Crippen LogP) is 0.508. The van der Waals surface area contributed by atoms with Crippen molar-refractivity contribution in [3.8, 4) is 0 Å². The molecule has 15 heavy (non-hydrogen) atoms. The number of aliphatic carboxylic acids is 1. The second kappa shape index (κ2) is 4.08. The van der Waals surface area contributed by atoms with Gasteiger partial charge in [-0.05, 0) is 12.8 Å². The number of hydrogen-bond acceptors (Lipinski definition) is 4. The zero-order valence-corrected chi connectivity index (χ0v) is 8.52. The van der Waals surface area contributed by atoms with Crippen LogP contribution in [0.3, 0.4) is 0 Å². The van der Waals surface area contributed by atoms with Crippen molar-refractivity contribution in [3.63, 3.8) is 0 Å². The van der Waals surface area contributed by atoms with E-state index in [1.165, 1.54) is 6.42 Å². The number of rotatable bonds is 2. The van der Waals surface area contributed by atoms with E-state index in [2.05, 4.69) is 0 Å². The fourth-order valence-corrected chi connectivity index (χ4v) is 2.25. The van der Waals surface area contributed by atoms with Gasteiger partial charge in [0.15, 0.2) is 11.9 Å². The van der Waals surface area contributed by atoms with Crippen LogP contribution in [0.4, 0.5) is 0 Å². The Labute approximate surface area is 88.0 Å². The van der Waals surface area contributed by atoms with E-state index < -0.39 is 24.0 Å². The Kier molecular flexibility index (Phi) is 2.95. The molecule has 1 aliphatic heterocycles. The molecule has 1 heterocycles. The molecule has 2 N–H and O–H groups in total. The minimum Gasteiger partial charge on any atom is -0.479 e. The maximum absolute atomic E-state index is 10.6. The minimum absolute atomic E-state index is 0.174. The molecule has 1 saturated carbocycles. The van der Waals surface area contributed by atoms with Crippen molar-refractivity contribution in [2.45, 2.75) is 50.1 Å². The van der Waals surface area contributed by atoms with Crippen LogP contribution >= 0.6 is 0 Å². The topological polar surface area (TPSA) is 76.0 Å². The molecule has 1 saturated heterocycles. The van der Waals surface area contributed by atoms with Crippen molar-refractivity contribution in [1.82, 2.24) is 0 Å².